The Morgan fingerprint density at radius 2 is 1.95 bits per heavy atom. The highest BCUT2D eigenvalue weighted by Crippen LogP contribution is 2.30. The summed E-state index contributed by atoms with van der Waals surface area (Å²) in [6.45, 7) is 8.04. The van der Waals surface area contributed by atoms with Crippen molar-refractivity contribution in [2.45, 2.75) is 52.9 Å². The number of nitrogens with two attached hydrogens (primary N) is 1. The van der Waals surface area contributed by atoms with Crippen LogP contribution in [0.15, 0.2) is 12.7 Å². The molecule has 7 nitrogen and oxygen atoms in total. The molecular formula is C14H25N5O2. The molecule has 2 atom stereocenters. The second-order valence-electron chi connectivity index (χ2n) is 4.06. The van der Waals surface area contributed by atoms with Crippen LogP contribution < -0.4 is 5.73 Å². The molecule has 3 heterocycles. The number of ether oxygens (including phenoxy) is 1. The lowest BCUT2D eigenvalue weighted by Gasteiger charge is -2.13. The van der Waals surface area contributed by atoms with E-state index in [0.29, 0.717) is 17.0 Å². The van der Waals surface area contributed by atoms with Gasteiger partial charge in [0.05, 0.1) is 19.0 Å². The first kappa shape index (κ1) is 17.3. The zero-order valence-electron chi connectivity index (χ0n) is 13.2. The number of aliphatic hydroxyl groups excluding tert-OH is 1. The van der Waals surface area contributed by atoms with Gasteiger partial charge in [0.25, 0.3) is 0 Å². The van der Waals surface area contributed by atoms with Crippen LogP contribution in [0.2, 0.25) is 0 Å². The quantitative estimate of drug-likeness (QED) is 0.880. The number of hydrogen-bond acceptors (Lipinski definition) is 6. The number of imidazole rings is 1. The van der Waals surface area contributed by atoms with Gasteiger partial charge in [-0.3, -0.25) is 4.57 Å². The molecule has 0 unspecified atom stereocenters. The number of nitrogens with zero attached hydrogens (tertiary/aromatic N) is 4. The van der Waals surface area contributed by atoms with Crippen molar-refractivity contribution in [3.63, 3.8) is 0 Å². The Balaban J connectivity index is 0.000000510. The second-order valence-corrected chi connectivity index (χ2v) is 4.06. The fourth-order valence-electron chi connectivity index (χ4n) is 2.11. The number of hydrogen-bond donors (Lipinski definition) is 2. The molecule has 21 heavy (non-hydrogen) atoms. The Morgan fingerprint density at radius 3 is 2.57 bits per heavy atom. The van der Waals surface area contributed by atoms with E-state index in [0.717, 1.165) is 12.8 Å². The van der Waals surface area contributed by atoms with E-state index < -0.39 is 0 Å². The maximum Gasteiger partial charge on any atom is 0.167 e. The van der Waals surface area contributed by atoms with E-state index in [4.69, 9.17) is 15.6 Å². The molecule has 0 radical (unpaired) electrons. The second kappa shape index (κ2) is 8.53. The van der Waals surface area contributed by atoms with E-state index in [1.165, 1.54) is 6.33 Å². The van der Waals surface area contributed by atoms with Crippen LogP contribution in [-0.4, -0.2) is 37.3 Å². The number of aromatic nitrogens is 4. The van der Waals surface area contributed by atoms with Gasteiger partial charge in [0.2, 0.25) is 0 Å². The summed E-state index contributed by atoms with van der Waals surface area (Å²) in [5.74, 6) is 0.366. The average Bonchev–Trinajstić information content (AvgIpc) is 3.18. The molecule has 118 valence electrons. The normalized spacial score (nSPS) is 20.4. The maximum atomic E-state index is 9.04. The predicted molar refractivity (Wildman–Crippen MR) is 82.7 cm³/mol. The summed E-state index contributed by atoms with van der Waals surface area (Å²) >= 11 is 0. The van der Waals surface area contributed by atoms with E-state index in [1.54, 1.807) is 6.33 Å². The molecule has 0 spiro atoms. The van der Waals surface area contributed by atoms with Gasteiger partial charge in [0.1, 0.15) is 18.1 Å². The lowest BCUT2D eigenvalue weighted by molar-refractivity contribution is -0.0207. The van der Waals surface area contributed by atoms with Crippen molar-refractivity contribution in [1.82, 2.24) is 19.5 Å². The Kier molecular flexibility index (Phi) is 7.04. The molecule has 0 amide bonds. The lowest BCUT2D eigenvalue weighted by Crippen LogP contribution is -2.14. The van der Waals surface area contributed by atoms with Gasteiger partial charge in [-0.05, 0) is 12.8 Å². The van der Waals surface area contributed by atoms with Crippen molar-refractivity contribution < 1.29 is 9.84 Å². The third-order valence-electron chi connectivity index (χ3n) is 2.99. The van der Waals surface area contributed by atoms with Crippen molar-refractivity contribution in [3.8, 4) is 0 Å². The Hall–Kier alpha value is -1.73. The van der Waals surface area contributed by atoms with Crippen LogP contribution in [0.5, 0.6) is 0 Å². The van der Waals surface area contributed by atoms with Crippen LogP contribution in [0.4, 0.5) is 5.82 Å². The van der Waals surface area contributed by atoms with E-state index in [2.05, 4.69) is 15.0 Å². The van der Waals surface area contributed by atoms with Crippen molar-refractivity contribution >= 4 is 17.0 Å². The minimum atomic E-state index is -0.133. The number of anilines is 1. The van der Waals surface area contributed by atoms with E-state index in [-0.39, 0.29) is 18.9 Å². The molecule has 2 aromatic rings. The van der Waals surface area contributed by atoms with Crippen molar-refractivity contribution in [2.75, 3.05) is 12.3 Å². The topological polar surface area (TPSA) is 99.1 Å². The summed E-state index contributed by atoms with van der Waals surface area (Å²) in [6.07, 6.45) is 4.50. The average molecular weight is 295 g/mol. The molecule has 3 N–H and O–H groups in total. The van der Waals surface area contributed by atoms with Crippen LogP contribution in [0.3, 0.4) is 0 Å². The molecule has 1 fully saturated rings. The van der Waals surface area contributed by atoms with Gasteiger partial charge in [0.15, 0.2) is 11.5 Å². The molecule has 1 saturated heterocycles. The zero-order chi connectivity index (χ0) is 15.8. The van der Waals surface area contributed by atoms with Gasteiger partial charge in [-0.1, -0.05) is 27.7 Å². The molecule has 3 rings (SSSR count). The highest BCUT2D eigenvalue weighted by Gasteiger charge is 2.27. The highest BCUT2D eigenvalue weighted by atomic mass is 16.5. The first-order valence-corrected chi connectivity index (χ1v) is 7.49. The van der Waals surface area contributed by atoms with Gasteiger partial charge in [0, 0.05) is 0 Å². The monoisotopic (exact) mass is 295 g/mol. The molecule has 0 bridgehead atoms. The van der Waals surface area contributed by atoms with Crippen LogP contribution >= 0.6 is 0 Å². The third-order valence-corrected chi connectivity index (χ3v) is 2.99. The third kappa shape index (κ3) is 3.68. The lowest BCUT2D eigenvalue weighted by atomic mass is 10.2. The summed E-state index contributed by atoms with van der Waals surface area (Å²) < 4.78 is 7.51. The van der Waals surface area contributed by atoms with Crippen molar-refractivity contribution in [3.05, 3.63) is 12.7 Å². The number of fused-ring (bicyclic) bond motifs is 1. The summed E-state index contributed by atoms with van der Waals surface area (Å²) in [5, 5.41) is 9.04. The van der Waals surface area contributed by atoms with E-state index in [9.17, 15) is 0 Å². The van der Waals surface area contributed by atoms with Crippen LogP contribution in [0.25, 0.3) is 11.2 Å². The molecule has 0 saturated carbocycles. The first-order chi connectivity index (χ1) is 10.3. The molecule has 1 aliphatic rings. The SMILES string of the molecule is CC.CC.Nc1ncnc2c1ncn2[C@H]1CC[C@@H](CO)O1. The Labute approximate surface area is 125 Å². The molecule has 2 aromatic heterocycles. The van der Waals surface area contributed by atoms with Crippen molar-refractivity contribution in [2.24, 2.45) is 0 Å². The summed E-state index contributed by atoms with van der Waals surface area (Å²) in [6, 6.07) is 0. The predicted octanol–water partition coefficient (Wildman–Crippen LogP) is 2.13. The van der Waals surface area contributed by atoms with Gasteiger partial charge in [-0.2, -0.15) is 0 Å². The Bertz CT molecular complexity index is 543. The molecular weight excluding hydrogens is 270 g/mol. The molecule has 0 aromatic carbocycles. The minimum Gasteiger partial charge on any atom is -0.394 e. The minimum absolute atomic E-state index is 0.0419. The number of aliphatic hydroxyl groups is 1. The van der Waals surface area contributed by atoms with Gasteiger partial charge in [-0.15, -0.1) is 0 Å². The van der Waals surface area contributed by atoms with Crippen molar-refractivity contribution in [1.29, 1.82) is 0 Å². The molecule has 0 aliphatic carbocycles. The summed E-state index contributed by atoms with van der Waals surface area (Å²) in [7, 11) is 0. The van der Waals surface area contributed by atoms with Gasteiger partial charge < -0.3 is 15.6 Å². The van der Waals surface area contributed by atoms with Crippen LogP contribution in [0, 0.1) is 0 Å². The fraction of sp³-hybridized carbons (Fsp3) is 0.643. The number of nitrogen functional groups attached to an aromatic ring is 1. The largest absolute Gasteiger partial charge is 0.394 e. The zero-order valence-corrected chi connectivity index (χ0v) is 13.2. The van der Waals surface area contributed by atoms with Crippen LogP contribution in [-0.2, 0) is 4.74 Å². The van der Waals surface area contributed by atoms with Gasteiger partial charge >= 0.3 is 0 Å². The summed E-state index contributed by atoms with van der Waals surface area (Å²) in [4.78, 5) is 12.2. The maximum absolute atomic E-state index is 9.04. The smallest absolute Gasteiger partial charge is 0.167 e. The van der Waals surface area contributed by atoms with Crippen LogP contribution in [0.1, 0.15) is 46.8 Å². The first-order valence-electron chi connectivity index (χ1n) is 7.49. The molecule has 7 heteroatoms. The van der Waals surface area contributed by atoms with E-state index in [1.807, 2.05) is 32.3 Å². The Morgan fingerprint density at radius 1 is 1.24 bits per heavy atom. The summed E-state index contributed by atoms with van der Waals surface area (Å²) in [5.41, 5.74) is 6.97. The standard InChI is InChI=1S/C10H13N5O2.2C2H6/c11-9-8-10(13-4-12-9)15(5-14-8)7-2-1-6(3-16)17-7;2*1-2/h4-7,16H,1-3H2,(H2,11,12,13);2*1-2H3/t6-,7+;;/m0../s1. The highest BCUT2D eigenvalue weighted by molar-refractivity contribution is 5.81. The van der Waals surface area contributed by atoms with E-state index >= 15 is 0 Å². The molecule has 1 aliphatic heterocycles. The number of rotatable bonds is 2. The van der Waals surface area contributed by atoms with Gasteiger partial charge in [-0.25, -0.2) is 15.0 Å². The fourth-order valence-corrected chi connectivity index (χ4v) is 2.11.